The van der Waals surface area contributed by atoms with Crippen LogP contribution >= 0.6 is 15.9 Å². The predicted molar refractivity (Wildman–Crippen MR) is 65.5 cm³/mol. The van der Waals surface area contributed by atoms with E-state index in [4.69, 9.17) is 10.8 Å². The number of unbranched alkanes of at least 4 members (excludes halogenated alkanes) is 2. The molecule has 0 radical (unpaired) electrons. The molecule has 0 bridgehead atoms. The van der Waals surface area contributed by atoms with Gasteiger partial charge in [-0.25, -0.2) is 0 Å². The maximum absolute atomic E-state index is 10.2. The van der Waals surface area contributed by atoms with Gasteiger partial charge in [-0.05, 0) is 18.4 Å². The van der Waals surface area contributed by atoms with Crippen molar-refractivity contribution in [2.24, 2.45) is 10.7 Å². The average molecular weight is 277 g/mol. The molecule has 0 saturated heterocycles. The molecule has 0 aromatic rings. The topological polar surface area (TPSA) is 75.7 Å². The number of hydrogen-bond acceptors (Lipinski definition) is 2. The highest BCUT2D eigenvalue weighted by atomic mass is 79.9. The standard InChI is InChI=1S/C10H17BrN2O2/c1-8(7-11)10(12)13-6-4-2-3-5-9(14)15/h1-7H2,(H2,12,13)(H,14,15). The first-order chi connectivity index (χ1) is 7.07. The Morgan fingerprint density at radius 2 is 2.07 bits per heavy atom. The first kappa shape index (κ1) is 14.2. The number of carboxylic acids is 1. The first-order valence-electron chi connectivity index (χ1n) is 4.83. The van der Waals surface area contributed by atoms with E-state index in [2.05, 4.69) is 27.5 Å². The largest absolute Gasteiger partial charge is 0.481 e. The summed E-state index contributed by atoms with van der Waals surface area (Å²) in [4.78, 5) is 14.3. The average Bonchev–Trinajstić information content (AvgIpc) is 2.21. The van der Waals surface area contributed by atoms with Gasteiger partial charge in [0.05, 0.1) is 0 Å². The van der Waals surface area contributed by atoms with Crippen molar-refractivity contribution in [1.29, 1.82) is 0 Å². The van der Waals surface area contributed by atoms with Crippen LogP contribution in [-0.2, 0) is 4.79 Å². The number of nitrogens with two attached hydrogens (primary N) is 1. The van der Waals surface area contributed by atoms with Crippen LogP contribution in [0.5, 0.6) is 0 Å². The third kappa shape index (κ3) is 8.17. The fourth-order valence-corrected chi connectivity index (χ4v) is 1.23. The number of alkyl halides is 1. The monoisotopic (exact) mass is 276 g/mol. The number of aliphatic imine (C=N–C) groups is 1. The Hall–Kier alpha value is -0.840. The summed E-state index contributed by atoms with van der Waals surface area (Å²) in [6, 6.07) is 0. The molecule has 5 heteroatoms. The van der Waals surface area contributed by atoms with E-state index >= 15 is 0 Å². The minimum Gasteiger partial charge on any atom is -0.481 e. The highest BCUT2D eigenvalue weighted by Gasteiger charge is 1.98. The van der Waals surface area contributed by atoms with Crippen molar-refractivity contribution in [2.45, 2.75) is 25.7 Å². The quantitative estimate of drug-likeness (QED) is 0.308. The molecule has 15 heavy (non-hydrogen) atoms. The van der Waals surface area contributed by atoms with Crippen molar-refractivity contribution in [1.82, 2.24) is 0 Å². The molecule has 0 aromatic heterocycles. The molecule has 3 N–H and O–H groups in total. The zero-order valence-electron chi connectivity index (χ0n) is 8.71. The Labute approximate surface area is 98.4 Å². The lowest BCUT2D eigenvalue weighted by Gasteiger charge is -2.01. The van der Waals surface area contributed by atoms with E-state index < -0.39 is 5.97 Å². The third-order valence-corrected chi connectivity index (χ3v) is 2.53. The van der Waals surface area contributed by atoms with Crippen LogP contribution in [0.1, 0.15) is 25.7 Å². The number of rotatable bonds is 8. The number of carboxylic acid groups (broad SMARTS) is 1. The van der Waals surface area contributed by atoms with Gasteiger partial charge in [-0.2, -0.15) is 0 Å². The Morgan fingerprint density at radius 1 is 1.40 bits per heavy atom. The lowest BCUT2D eigenvalue weighted by Crippen LogP contribution is -2.15. The van der Waals surface area contributed by atoms with E-state index in [1.165, 1.54) is 0 Å². The van der Waals surface area contributed by atoms with E-state index in [1.54, 1.807) is 0 Å². The molecule has 0 aliphatic rings. The number of nitrogens with zero attached hydrogens (tertiary/aromatic N) is 1. The summed E-state index contributed by atoms with van der Waals surface area (Å²) in [7, 11) is 0. The molecule has 0 unspecified atom stereocenters. The minimum absolute atomic E-state index is 0.229. The summed E-state index contributed by atoms with van der Waals surface area (Å²) in [5, 5.41) is 9.02. The summed E-state index contributed by atoms with van der Waals surface area (Å²) in [5.41, 5.74) is 6.40. The smallest absolute Gasteiger partial charge is 0.303 e. The maximum atomic E-state index is 10.2. The number of aliphatic carboxylic acids is 1. The van der Waals surface area contributed by atoms with Crippen LogP contribution in [0.15, 0.2) is 17.1 Å². The van der Waals surface area contributed by atoms with Crippen molar-refractivity contribution in [3.05, 3.63) is 12.2 Å². The van der Waals surface area contributed by atoms with Crippen LogP contribution in [0.3, 0.4) is 0 Å². The third-order valence-electron chi connectivity index (χ3n) is 1.85. The van der Waals surface area contributed by atoms with E-state index in [1.807, 2.05) is 0 Å². The van der Waals surface area contributed by atoms with Gasteiger partial charge in [0, 0.05) is 18.3 Å². The van der Waals surface area contributed by atoms with E-state index in [9.17, 15) is 4.79 Å². The van der Waals surface area contributed by atoms with Gasteiger partial charge in [0.2, 0.25) is 0 Å². The second-order valence-corrected chi connectivity index (χ2v) is 3.77. The molecule has 0 rings (SSSR count). The minimum atomic E-state index is -0.745. The first-order valence-corrected chi connectivity index (χ1v) is 5.96. The maximum Gasteiger partial charge on any atom is 0.303 e. The lowest BCUT2D eigenvalue weighted by atomic mass is 10.2. The van der Waals surface area contributed by atoms with Gasteiger partial charge in [0.25, 0.3) is 0 Å². The molecule has 0 atom stereocenters. The summed E-state index contributed by atoms with van der Waals surface area (Å²) in [6.07, 6.45) is 2.66. The Balaban J connectivity index is 3.52. The molecular weight excluding hydrogens is 260 g/mol. The zero-order chi connectivity index (χ0) is 11.7. The summed E-state index contributed by atoms with van der Waals surface area (Å²) >= 11 is 3.24. The molecule has 0 amide bonds. The molecule has 0 aliphatic carbocycles. The molecular formula is C10H17BrN2O2. The molecule has 86 valence electrons. The van der Waals surface area contributed by atoms with Crippen LogP contribution in [0.25, 0.3) is 0 Å². The van der Waals surface area contributed by atoms with Gasteiger partial charge < -0.3 is 10.8 Å². The highest BCUT2D eigenvalue weighted by molar-refractivity contribution is 9.09. The second-order valence-electron chi connectivity index (χ2n) is 3.21. The molecule has 0 aliphatic heterocycles. The van der Waals surface area contributed by atoms with Crippen LogP contribution in [0, 0.1) is 0 Å². The van der Waals surface area contributed by atoms with Gasteiger partial charge >= 0.3 is 5.97 Å². The Morgan fingerprint density at radius 3 is 2.60 bits per heavy atom. The molecule has 0 aromatic carbocycles. The highest BCUT2D eigenvalue weighted by Crippen LogP contribution is 2.01. The van der Waals surface area contributed by atoms with Gasteiger partial charge in [-0.15, -0.1) is 0 Å². The van der Waals surface area contributed by atoms with Crippen LogP contribution in [0.2, 0.25) is 0 Å². The fraction of sp³-hybridized carbons (Fsp3) is 0.600. The number of amidine groups is 1. The SMILES string of the molecule is C=C(CBr)C(N)=NCCCCCC(=O)O. The van der Waals surface area contributed by atoms with Crippen LogP contribution < -0.4 is 5.73 Å². The summed E-state index contributed by atoms with van der Waals surface area (Å²) < 4.78 is 0. The fourth-order valence-electron chi connectivity index (χ4n) is 0.945. The van der Waals surface area contributed by atoms with Crippen molar-refractivity contribution in [2.75, 3.05) is 11.9 Å². The van der Waals surface area contributed by atoms with Crippen LogP contribution in [-0.4, -0.2) is 28.8 Å². The van der Waals surface area contributed by atoms with Crippen molar-refractivity contribution < 1.29 is 9.90 Å². The normalized spacial score (nSPS) is 11.4. The van der Waals surface area contributed by atoms with Gasteiger partial charge in [-0.3, -0.25) is 9.79 Å². The van der Waals surface area contributed by atoms with Gasteiger partial charge in [-0.1, -0.05) is 28.9 Å². The van der Waals surface area contributed by atoms with Crippen molar-refractivity contribution >= 4 is 27.7 Å². The molecule has 0 saturated carbocycles. The summed E-state index contributed by atoms with van der Waals surface area (Å²) in [6.45, 7) is 4.37. The second kappa shape index (κ2) is 8.47. The molecule has 0 spiro atoms. The van der Waals surface area contributed by atoms with Crippen LogP contribution in [0.4, 0.5) is 0 Å². The number of hydrogen-bond donors (Lipinski definition) is 2. The number of halogens is 1. The molecule has 0 heterocycles. The van der Waals surface area contributed by atoms with E-state index in [-0.39, 0.29) is 6.42 Å². The van der Waals surface area contributed by atoms with E-state index in [0.29, 0.717) is 24.1 Å². The van der Waals surface area contributed by atoms with Crippen molar-refractivity contribution in [3.63, 3.8) is 0 Å². The van der Waals surface area contributed by atoms with Gasteiger partial charge in [0.15, 0.2) is 0 Å². The van der Waals surface area contributed by atoms with Crippen molar-refractivity contribution in [3.8, 4) is 0 Å². The number of carbonyl (C=O) groups is 1. The zero-order valence-corrected chi connectivity index (χ0v) is 10.3. The summed E-state index contributed by atoms with van der Waals surface area (Å²) in [5.74, 6) is -0.268. The van der Waals surface area contributed by atoms with Gasteiger partial charge in [0.1, 0.15) is 5.84 Å². The Kier molecular flexibility index (Phi) is 7.99. The lowest BCUT2D eigenvalue weighted by molar-refractivity contribution is -0.137. The molecule has 0 fully saturated rings. The Bertz CT molecular complexity index is 252. The molecule has 4 nitrogen and oxygen atoms in total. The predicted octanol–water partition coefficient (Wildman–Crippen LogP) is 1.94. The van der Waals surface area contributed by atoms with E-state index in [0.717, 1.165) is 18.4 Å².